The Morgan fingerprint density at radius 1 is 1.67 bits per heavy atom. The molecule has 0 aromatic carbocycles. The van der Waals surface area contributed by atoms with Crippen molar-refractivity contribution < 1.29 is 9.90 Å². The molecule has 0 aliphatic carbocycles. The summed E-state index contributed by atoms with van der Waals surface area (Å²) in [6.07, 6.45) is 2.39. The van der Waals surface area contributed by atoms with Crippen molar-refractivity contribution >= 4 is 35.1 Å². The smallest absolute Gasteiger partial charge is 0.335 e. The van der Waals surface area contributed by atoms with Gasteiger partial charge in [-0.3, -0.25) is 0 Å². The maximum absolute atomic E-state index is 10.9. The number of aromatic nitrogens is 1. The number of rotatable bonds is 4. The van der Waals surface area contributed by atoms with Gasteiger partial charge in [0.1, 0.15) is 11.0 Å². The van der Waals surface area contributed by atoms with Gasteiger partial charge in [0.05, 0.1) is 5.56 Å². The summed E-state index contributed by atoms with van der Waals surface area (Å²) in [4.78, 5) is 15.0. The minimum absolute atomic E-state index is 0.154. The molecule has 4 nitrogen and oxygen atoms in total. The van der Waals surface area contributed by atoms with Crippen LogP contribution in [0.4, 0.5) is 5.82 Å². The van der Waals surface area contributed by atoms with Crippen LogP contribution in [0, 0.1) is 0 Å². The molecule has 0 spiro atoms. The van der Waals surface area contributed by atoms with Crippen LogP contribution in [0.2, 0.25) is 5.15 Å². The molecular formula is C12H15ClN2O2S. The Morgan fingerprint density at radius 3 is 3.06 bits per heavy atom. The Kier molecular flexibility index (Phi) is 4.02. The van der Waals surface area contributed by atoms with Crippen LogP contribution in [0.25, 0.3) is 0 Å². The molecular weight excluding hydrogens is 272 g/mol. The van der Waals surface area contributed by atoms with Crippen LogP contribution in [0.3, 0.4) is 0 Å². The highest BCUT2D eigenvalue weighted by molar-refractivity contribution is 8.00. The van der Waals surface area contributed by atoms with Crippen molar-refractivity contribution in [1.29, 1.82) is 0 Å². The molecule has 1 saturated heterocycles. The third-order valence-electron chi connectivity index (χ3n) is 2.98. The third kappa shape index (κ3) is 3.29. The third-order valence-corrected chi connectivity index (χ3v) is 4.72. The zero-order chi connectivity index (χ0) is 13.2. The number of thioether (sulfide) groups is 1. The molecule has 0 saturated carbocycles. The molecule has 0 bridgehead atoms. The number of carbonyl (C=O) groups is 1. The maximum Gasteiger partial charge on any atom is 0.335 e. The standard InChI is InChI=1S/C12H15ClN2O2S/c1-12(3-2-4-18-12)7-14-10-6-8(11(16)17)5-9(13)15-10/h5-6H,2-4,7H2,1H3,(H,14,15)(H,16,17). The number of carboxylic acid groups (broad SMARTS) is 1. The monoisotopic (exact) mass is 286 g/mol. The maximum atomic E-state index is 10.9. The molecule has 1 aromatic rings. The first-order valence-corrected chi connectivity index (χ1v) is 7.14. The lowest BCUT2D eigenvalue weighted by Gasteiger charge is -2.23. The second kappa shape index (κ2) is 5.36. The summed E-state index contributed by atoms with van der Waals surface area (Å²) in [7, 11) is 0. The van der Waals surface area contributed by atoms with Crippen LogP contribution in [-0.4, -0.2) is 33.1 Å². The fourth-order valence-corrected chi connectivity index (χ4v) is 3.42. The summed E-state index contributed by atoms with van der Waals surface area (Å²) in [6, 6.07) is 2.86. The van der Waals surface area contributed by atoms with Gasteiger partial charge in [0.25, 0.3) is 0 Å². The number of pyridine rings is 1. The van der Waals surface area contributed by atoms with E-state index in [0.29, 0.717) is 5.82 Å². The van der Waals surface area contributed by atoms with E-state index in [-0.39, 0.29) is 15.5 Å². The molecule has 1 fully saturated rings. The minimum atomic E-state index is -0.996. The summed E-state index contributed by atoms with van der Waals surface area (Å²) in [5, 5.41) is 12.3. The van der Waals surface area contributed by atoms with Crippen LogP contribution in [-0.2, 0) is 0 Å². The number of anilines is 1. The lowest BCUT2D eigenvalue weighted by atomic mass is 10.1. The van der Waals surface area contributed by atoms with Gasteiger partial charge in [0.2, 0.25) is 0 Å². The number of carboxylic acids is 1. The Bertz CT molecular complexity index is 461. The predicted octanol–water partition coefficient (Wildman–Crippen LogP) is 3.13. The number of hydrogen-bond donors (Lipinski definition) is 2. The summed E-state index contributed by atoms with van der Waals surface area (Å²) in [5.41, 5.74) is 0.154. The lowest BCUT2D eigenvalue weighted by molar-refractivity contribution is 0.0697. The molecule has 0 amide bonds. The number of hydrogen-bond acceptors (Lipinski definition) is 4. The molecule has 0 radical (unpaired) electrons. The van der Waals surface area contributed by atoms with E-state index in [9.17, 15) is 4.79 Å². The van der Waals surface area contributed by atoms with Crippen molar-refractivity contribution in [1.82, 2.24) is 4.98 Å². The number of aromatic carboxylic acids is 1. The van der Waals surface area contributed by atoms with E-state index in [0.717, 1.165) is 13.0 Å². The fraction of sp³-hybridized carbons (Fsp3) is 0.500. The molecule has 2 N–H and O–H groups in total. The van der Waals surface area contributed by atoms with Crippen molar-refractivity contribution in [2.24, 2.45) is 0 Å². The fourth-order valence-electron chi connectivity index (χ4n) is 1.96. The molecule has 1 aromatic heterocycles. The highest BCUT2D eigenvalue weighted by Gasteiger charge is 2.29. The Labute approximate surface area is 115 Å². The SMILES string of the molecule is CC1(CNc2cc(C(=O)O)cc(Cl)n2)CCCS1. The number of nitrogens with one attached hydrogen (secondary N) is 1. The van der Waals surface area contributed by atoms with E-state index in [1.807, 2.05) is 11.8 Å². The van der Waals surface area contributed by atoms with Gasteiger partial charge in [0, 0.05) is 11.3 Å². The summed E-state index contributed by atoms with van der Waals surface area (Å²) in [5.74, 6) is 0.707. The highest BCUT2D eigenvalue weighted by Crippen LogP contribution is 2.37. The van der Waals surface area contributed by atoms with E-state index in [2.05, 4.69) is 17.2 Å². The average Bonchev–Trinajstić information content (AvgIpc) is 2.73. The molecule has 1 atom stereocenters. The Morgan fingerprint density at radius 2 is 2.44 bits per heavy atom. The first-order valence-electron chi connectivity index (χ1n) is 5.77. The van der Waals surface area contributed by atoms with Gasteiger partial charge < -0.3 is 10.4 Å². The molecule has 18 heavy (non-hydrogen) atoms. The molecule has 1 unspecified atom stereocenters. The topological polar surface area (TPSA) is 62.2 Å². The molecule has 6 heteroatoms. The minimum Gasteiger partial charge on any atom is -0.478 e. The highest BCUT2D eigenvalue weighted by atomic mass is 35.5. The second-order valence-corrected chi connectivity index (χ2v) is 6.69. The van der Waals surface area contributed by atoms with Gasteiger partial charge in [-0.15, -0.1) is 0 Å². The zero-order valence-electron chi connectivity index (χ0n) is 10.1. The van der Waals surface area contributed by atoms with Crippen LogP contribution >= 0.6 is 23.4 Å². The summed E-state index contributed by atoms with van der Waals surface area (Å²) < 4.78 is 0.202. The Hall–Kier alpha value is -0.940. The first-order chi connectivity index (χ1) is 8.48. The van der Waals surface area contributed by atoms with Crippen molar-refractivity contribution in [3.8, 4) is 0 Å². The summed E-state index contributed by atoms with van der Waals surface area (Å²) in [6.45, 7) is 2.98. The molecule has 1 aliphatic rings. The van der Waals surface area contributed by atoms with Gasteiger partial charge in [-0.05, 0) is 37.7 Å². The Balaban J connectivity index is 2.07. The average molecular weight is 287 g/mol. The van der Waals surface area contributed by atoms with Crippen LogP contribution in [0.5, 0.6) is 0 Å². The molecule has 1 aliphatic heterocycles. The van der Waals surface area contributed by atoms with Gasteiger partial charge in [0.15, 0.2) is 0 Å². The van der Waals surface area contributed by atoms with Gasteiger partial charge in [-0.1, -0.05) is 11.6 Å². The van der Waals surface area contributed by atoms with E-state index < -0.39 is 5.97 Å². The second-order valence-electron chi connectivity index (χ2n) is 4.62. The van der Waals surface area contributed by atoms with Gasteiger partial charge in [-0.25, -0.2) is 9.78 Å². The zero-order valence-corrected chi connectivity index (χ0v) is 11.6. The largest absolute Gasteiger partial charge is 0.478 e. The van der Waals surface area contributed by atoms with Crippen molar-refractivity contribution in [2.75, 3.05) is 17.6 Å². The van der Waals surface area contributed by atoms with Crippen molar-refractivity contribution in [3.63, 3.8) is 0 Å². The molecule has 2 rings (SSSR count). The number of nitrogens with zero attached hydrogens (tertiary/aromatic N) is 1. The predicted molar refractivity (Wildman–Crippen MR) is 74.8 cm³/mol. The number of halogens is 1. The van der Waals surface area contributed by atoms with Crippen molar-refractivity contribution in [3.05, 3.63) is 22.8 Å². The van der Waals surface area contributed by atoms with E-state index >= 15 is 0 Å². The van der Waals surface area contributed by atoms with Crippen LogP contribution in [0.15, 0.2) is 12.1 Å². The van der Waals surface area contributed by atoms with Crippen molar-refractivity contribution in [2.45, 2.75) is 24.5 Å². The molecule has 98 valence electrons. The first kappa shape index (κ1) is 13.5. The van der Waals surface area contributed by atoms with E-state index in [1.165, 1.54) is 24.3 Å². The van der Waals surface area contributed by atoms with Crippen LogP contribution in [0.1, 0.15) is 30.1 Å². The summed E-state index contributed by atoms with van der Waals surface area (Å²) >= 11 is 7.74. The van der Waals surface area contributed by atoms with Gasteiger partial charge in [-0.2, -0.15) is 11.8 Å². The van der Waals surface area contributed by atoms with E-state index in [4.69, 9.17) is 16.7 Å². The molecule has 2 heterocycles. The lowest BCUT2D eigenvalue weighted by Crippen LogP contribution is -2.27. The van der Waals surface area contributed by atoms with Crippen LogP contribution < -0.4 is 5.32 Å². The quantitative estimate of drug-likeness (QED) is 0.833. The normalized spacial score (nSPS) is 23.0. The van der Waals surface area contributed by atoms with E-state index in [1.54, 1.807) is 0 Å². The van der Waals surface area contributed by atoms with Gasteiger partial charge >= 0.3 is 5.97 Å².